The molecule has 1 aromatic carbocycles. The average Bonchev–Trinajstić information content (AvgIpc) is 3.29. The highest BCUT2D eigenvalue weighted by molar-refractivity contribution is 5.82. The number of hydrogen-bond donors (Lipinski definition) is 0. The quantitative estimate of drug-likeness (QED) is 0.712. The Morgan fingerprint density at radius 1 is 1.27 bits per heavy atom. The maximum Gasteiger partial charge on any atom is 0.222 e. The highest BCUT2D eigenvalue weighted by atomic mass is 16.2. The molecule has 1 amide bonds. The van der Waals surface area contributed by atoms with E-state index in [0.717, 1.165) is 43.4 Å². The van der Waals surface area contributed by atoms with Gasteiger partial charge in [-0.3, -0.25) is 14.5 Å². The fourth-order valence-electron chi connectivity index (χ4n) is 3.88. The first-order valence-electron chi connectivity index (χ1n) is 9.27. The molecule has 0 bridgehead atoms. The molecular formula is C21H24N4O. The number of carbonyl (C=O) groups is 1. The van der Waals surface area contributed by atoms with Crippen molar-refractivity contribution in [2.45, 2.75) is 25.7 Å². The molecule has 0 aliphatic carbocycles. The summed E-state index contributed by atoms with van der Waals surface area (Å²) in [5.74, 6) is 0.791. The summed E-state index contributed by atoms with van der Waals surface area (Å²) in [7, 11) is 1.90. The second-order valence-corrected chi connectivity index (χ2v) is 7.21. The van der Waals surface area contributed by atoms with Gasteiger partial charge in [-0.25, -0.2) is 0 Å². The van der Waals surface area contributed by atoms with Gasteiger partial charge >= 0.3 is 0 Å². The van der Waals surface area contributed by atoms with Crippen molar-refractivity contribution in [2.24, 2.45) is 13.0 Å². The summed E-state index contributed by atoms with van der Waals surface area (Å²) in [4.78, 5) is 19.0. The normalized spacial score (nSPS) is 17.1. The van der Waals surface area contributed by atoms with E-state index in [1.807, 2.05) is 36.6 Å². The number of pyridine rings is 1. The van der Waals surface area contributed by atoms with E-state index >= 15 is 0 Å². The summed E-state index contributed by atoms with van der Waals surface area (Å²) in [6.07, 6.45) is 9.14. The van der Waals surface area contributed by atoms with Crippen molar-refractivity contribution < 1.29 is 4.79 Å². The molecule has 5 heteroatoms. The molecule has 1 fully saturated rings. The van der Waals surface area contributed by atoms with Crippen molar-refractivity contribution >= 4 is 16.8 Å². The Balaban J connectivity index is 1.35. The highest BCUT2D eigenvalue weighted by Gasteiger charge is 2.26. The van der Waals surface area contributed by atoms with Crippen LogP contribution < -0.4 is 0 Å². The van der Waals surface area contributed by atoms with Crippen molar-refractivity contribution in [3.8, 4) is 0 Å². The van der Waals surface area contributed by atoms with Crippen LogP contribution in [0.4, 0.5) is 0 Å². The molecule has 2 aromatic heterocycles. The first-order valence-corrected chi connectivity index (χ1v) is 9.27. The highest BCUT2D eigenvalue weighted by Crippen LogP contribution is 2.25. The average molecular weight is 348 g/mol. The van der Waals surface area contributed by atoms with Crippen LogP contribution in [0.3, 0.4) is 0 Å². The van der Waals surface area contributed by atoms with Crippen LogP contribution in [0.25, 0.3) is 10.9 Å². The molecule has 0 spiro atoms. The number of benzene rings is 1. The predicted molar refractivity (Wildman–Crippen MR) is 102 cm³/mol. The number of nitrogens with zero attached hydrogens (tertiary/aromatic N) is 4. The Bertz CT molecular complexity index is 912. The molecule has 0 saturated carbocycles. The summed E-state index contributed by atoms with van der Waals surface area (Å²) < 4.78 is 1.78. The van der Waals surface area contributed by atoms with Gasteiger partial charge in [-0.05, 0) is 48.4 Å². The summed E-state index contributed by atoms with van der Waals surface area (Å²) >= 11 is 0. The third-order valence-electron chi connectivity index (χ3n) is 5.27. The molecule has 5 nitrogen and oxygen atoms in total. The third-order valence-corrected chi connectivity index (χ3v) is 5.27. The number of hydrogen-bond acceptors (Lipinski definition) is 3. The second kappa shape index (κ2) is 7.28. The standard InChI is InChI=1S/C21H24N4O/c1-24-14-17(13-23-24)6-7-21(26)25-11-9-16(15-25)12-18-8-10-22-20-5-3-2-4-19(18)20/h2-5,8,10,13-14,16H,6-7,9,11-12,15H2,1H3. The van der Waals surface area contributed by atoms with E-state index < -0.39 is 0 Å². The number of likely N-dealkylation sites (tertiary alicyclic amines) is 1. The number of para-hydroxylation sites is 1. The monoisotopic (exact) mass is 348 g/mol. The summed E-state index contributed by atoms with van der Waals surface area (Å²) in [6, 6.07) is 10.4. The fraction of sp³-hybridized carbons (Fsp3) is 0.381. The maximum absolute atomic E-state index is 12.5. The van der Waals surface area contributed by atoms with E-state index in [1.54, 1.807) is 4.68 Å². The predicted octanol–water partition coefficient (Wildman–Crippen LogP) is 2.99. The van der Waals surface area contributed by atoms with Crippen LogP contribution in [0, 0.1) is 5.92 Å². The van der Waals surface area contributed by atoms with Gasteiger partial charge in [-0.15, -0.1) is 0 Å². The van der Waals surface area contributed by atoms with Crippen molar-refractivity contribution in [1.29, 1.82) is 0 Å². The molecule has 134 valence electrons. The van der Waals surface area contributed by atoms with Crippen molar-refractivity contribution in [2.75, 3.05) is 13.1 Å². The topological polar surface area (TPSA) is 51.0 Å². The molecule has 4 rings (SSSR count). The van der Waals surface area contributed by atoms with Gasteiger partial charge in [0, 0.05) is 44.3 Å². The molecule has 0 radical (unpaired) electrons. The number of fused-ring (bicyclic) bond motifs is 1. The molecule has 1 saturated heterocycles. The maximum atomic E-state index is 12.5. The van der Waals surface area contributed by atoms with Crippen LogP contribution >= 0.6 is 0 Å². The van der Waals surface area contributed by atoms with Crippen LogP contribution in [-0.4, -0.2) is 38.7 Å². The van der Waals surface area contributed by atoms with Gasteiger partial charge < -0.3 is 4.90 Å². The van der Waals surface area contributed by atoms with Crippen LogP contribution in [0.5, 0.6) is 0 Å². The lowest BCUT2D eigenvalue weighted by Gasteiger charge is -2.17. The van der Waals surface area contributed by atoms with E-state index in [1.165, 1.54) is 10.9 Å². The minimum atomic E-state index is 0.260. The van der Waals surface area contributed by atoms with Gasteiger partial charge in [0.1, 0.15) is 0 Å². The lowest BCUT2D eigenvalue weighted by molar-refractivity contribution is -0.130. The lowest BCUT2D eigenvalue weighted by Crippen LogP contribution is -2.29. The first kappa shape index (κ1) is 16.8. The largest absolute Gasteiger partial charge is 0.342 e. The van der Waals surface area contributed by atoms with Gasteiger partial charge in [-0.1, -0.05) is 18.2 Å². The Morgan fingerprint density at radius 3 is 3.00 bits per heavy atom. The van der Waals surface area contributed by atoms with Gasteiger partial charge in [0.2, 0.25) is 5.91 Å². The lowest BCUT2D eigenvalue weighted by atomic mass is 9.96. The molecule has 1 aliphatic heterocycles. The van der Waals surface area contributed by atoms with Crippen LogP contribution in [0.2, 0.25) is 0 Å². The number of rotatable bonds is 5. The Kier molecular flexibility index (Phi) is 4.69. The molecule has 1 atom stereocenters. The van der Waals surface area contributed by atoms with Gasteiger partial charge in [0.25, 0.3) is 0 Å². The molecule has 3 heterocycles. The second-order valence-electron chi connectivity index (χ2n) is 7.21. The van der Waals surface area contributed by atoms with E-state index in [9.17, 15) is 4.79 Å². The van der Waals surface area contributed by atoms with Crippen LogP contribution in [-0.2, 0) is 24.7 Å². The van der Waals surface area contributed by atoms with E-state index in [0.29, 0.717) is 12.3 Å². The molecule has 26 heavy (non-hydrogen) atoms. The van der Waals surface area contributed by atoms with Gasteiger partial charge in [0.15, 0.2) is 0 Å². The Hall–Kier alpha value is -2.69. The first-order chi connectivity index (χ1) is 12.7. The summed E-state index contributed by atoms with van der Waals surface area (Å²) in [5, 5.41) is 5.40. The zero-order chi connectivity index (χ0) is 17.9. The summed E-state index contributed by atoms with van der Waals surface area (Å²) in [6.45, 7) is 1.74. The smallest absolute Gasteiger partial charge is 0.222 e. The number of aromatic nitrogens is 3. The van der Waals surface area contributed by atoms with Crippen molar-refractivity contribution in [1.82, 2.24) is 19.7 Å². The molecular weight excluding hydrogens is 324 g/mol. The zero-order valence-corrected chi connectivity index (χ0v) is 15.1. The molecule has 3 aromatic rings. The number of amides is 1. The number of carbonyl (C=O) groups excluding carboxylic acids is 1. The van der Waals surface area contributed by atoms with Gasteiger partial charge in [0.05, 0.1) is 11.7 Å². The van der Waals surface area contributed by atoms with Crippen LogP contribution in [0.15, 0.2) is 48.9 Å². The van der Waals surface area contributed by atoms with Crippen LogP contribution in [0.1, 0.15) is 24.0 Å². The Morgan fingerprint density at radius 2 is 2.15 bits per heavy atom. The summed E-state index contributed by atoms with van der Waals surface area (Å²) in [5.41, 5.74) is 3.51. The zero-order valence-electron chi connectivity index (χ0n) is 15.1. The van der Waals surface area contributed by atoms with Crippen molar-refractivity contribution in [3.63, 3.8) is 0 Å². The minimum Gasteiger partial charge on any atom is -0.342 e. The molecule has 0 N–H and O–H groups in total. The van der Waals surface area contributed by atoms with Crippen molar-refractivity contribution in [3.05, 3.63) is 60.0 Å². The van der Waals surface area contributed by atoms with E-state index in [-0.39, 0.29) is 5.91 Å². The van der Waals surface area contributed by atoms with E-state index in [2.05, 4.69) is 34.3 Å². The number of aryl methyl sites for hydroxylation is 2. The molecule has 1 unspecified atom stereocenters. The van der Waals surface area contributed by atoms with Gasteiger partial charge in [-0.2, -0.15) is 5.10 Å². The Labute approximate surface area is 153 Å². The van der Waals surface area contributed by atoms with E-state index in [4.69, 9.17) is 0 Å². The fourth-order valence-corrected chi connectivity index (χ4v) is 3.88. The SMILES string of the molecule is Cn1cc(CCC(=O)N2CCC(Cc3ccnc4ccccc34)C2)cn1. The molecule has 1 aliphatic rings. The third kappa shape index (κ3) is 3.62. The minimum absolute atomic E-state index is 0.260.